The molecule has 0 bridgehead atoms. The van der Waals surface area contributed by atoms with Crippen molar-refractivity contribution in [2.75, 3.05) is 31.2 Å². The Hall–Kier alpha value is -1.23. The SMILES string of the molecule is CNc1cc(C(=O)N2CCSC(C)C2)cc(C(C)C)n1. The van der Waals surface area contributed by atoms with Crippen molar-refractivity contribution in [3.05, 3.63) is 23.4 Å². The molecule has 1 saturated heterocycles. The van der Waals surface area contributed by atoms with E-state index < -0.39 is 0 Å². The van der Waals surface area contributed by atoms with Gasteiger partial charge in [0.05, 0.1) is 0 Å². The molecule has 1 atom stereocenters. The number of pyridine rings is 1. The molecule has 5 heteroatoms. The van der Waals surface area contributed by atoms with Crippen LogP contribution in [-0.2, 0) is 0 Å². The lowest BCUT2D eigenvalue weighted by molar-refractivity contribution is 0.0763. The Labute approximate surface area is 125 Å². The van der Waals surface area contributed by atoms with Gasteiger partial charge in [0.15, 0.2) is 0 Å². The van der Waals surface area contributed by atoms with E-state index in [0.717, 1.165) is 35.9 Å². The highest BCUT2D eigenvalue weighted by Gasteiger charge is 2.23. The van der Waals surface area contributed by atoms with Gasteiger partial charge in [0.25, 0.3) is 5.91 Å². The van der Waals surface area contributed by atoms with E-state index in [0.29, 0.717) is 11.2 Å². The summed E-state index contributed by atoms with van der Waals surface area (Å²) in [6.07, 6.45) is 0. The minimum atomic E-state index is 0.123. The molecule has 1 unspecified atom stereocenters. The molecule has 20 heavy (non-hydrogen) atoms. The number of carbonyl (C=O) groups excluding carboxylic acids is 1. The lowest BCUT2D eigenvalue weighted by Crippen LogP contribution is -2.41. The normalized spacial score (nSPS) is 19.2. The van der Waals surface area contributed by atoms with E-state index in [1.807, 2.05) is 35.8 Å². The lowest BCUT2D eigenvalue weighted by atomic mass is 10.1. The monoisotopic (exact) mass is 293 g/mol. The summed E-state index contributed by atoms with van der Waals surface area (Å²) in [5.74, 6) is 2.22. The second kappa shape index (κ2) is 6.48. The Morgan fingerprint density at radius 2 is 2.25 bits per heavy atom. The minimum absolute atomic E-state index is 0.123. The van der Waals surface area contributed by atoms with Crippen molar-refractivity contribution in [2.45, 2.75) is 31.9 Å². The molecule has 2 heterocycles. The first kappa shape index (κ1) is 15.2. The molecule has 1 N–H and O–H groups in total. The average Bonchev–Trinajstić information content (AvgIpc) is 2.45. The molecule has 1 fully saturated rings. The third-order valence-electron chi connectivity index (χ3n) is 3.47. The summed E-state index contributed by atoms with van der Waals surface area (Å²) in [6, 6.07) is 3.78. The Balaban J connectivity index is 2.26. The van der Waals surface area contributed by atoms with Crippen LogP contribution in [0.25, 0.3) is 0 Å². The van der Waals surface area contributed by atoms with Gasteiger partial charge in [0.1, 0.15) is 5.82 Å². The van der Waals surface area contributed by atoms with E-state index in [-0.39, 0.29) is 5.91 Å². The van der Waals surface area contributed by atoms with Crippen LogP contribution >= 0.6 is 11.8 Å². The van der Waals surface area contributed by atoms with Crippen molar-refractivity contribution >= 4 is 23.5 Å². The number of thioether (sulfide) groups is 1. The zero-order valence-electron chi connectivity index (χ0n) is 12.6. The number of hydrogen-bond acceptors (Lipinski definition) is 4. The fourth-order valence-corrected chi connectivity index (χ4v) is 3.30. The summed E-state index contributed by atoms with van der Waals surface area (Å²) in [5.41, 5.74) is 1.70. The van der Waals surface area contributed by atoms with Gasteiger partial charge in [-0.05, 0) is 18.1 Å². The maximum absolute atomic E-state index is 12.6. The van der Waals surface area contributed by atoms with Crippen molar-refractivity contribution in [3.8, 4) is 0 Å². The van der Waals surface area contributed by atoms with Gasteiger partial charge in [-0.15, -0.1) is 0 Å². The van der Waals surface area contributed by atoms with Crippen molar-refractivity contribution in [1.82, 2.24) is 9.88 Å². The second-order valence-corrected chi connectivity index (χ2v) is 7.05. The molecule has 1 aliphatic rings. The van der Waals surface area contributed by atoms with Crippen LogP contribution in [0.15, 0.2) is 12.1 Å². The third-order valence-corrected chi connectivity index (χ3v) is 4.60. The van der Waals surface area contributed by atoms with Gasteiger partial charge in [0, 0.05) is 42.4 Å². The highest BCUT2D eigenvalue weighted by Crippen LogP contribution is 2.22. The van der Waals surface area contributed by atoms with Crippen LogP contribution in [0.1, 0.15) is 42.7 Å². The summed E-state index contributed by atoms with van der Waals surface area (Å²) in [4.78, 5) is 19.1. The van der Waals surface area contributed by atoms with E-state index in [4.69, 9.17) is 0 Å². The smallest absolute Gasteiger partial charge is 0.254 e. The molecule has 2 rings (SSSR count). The van der Waals surface area contributed by atoms with Crippen LogP contribution in [0.4, 0.5) is 5.82 Å². The Bertz CT molecular complexity index is 490. The van der Waals surface area contributed by atoms with E-state index >= 15 is 0 Å². The van der Waals surface area contributed by atoms with Gasteiger partial charge in [-0.3, -0.25) is 4.79 Å². The standard InChI is InChI=1S/C15H23N3OS/c1-10(2)13-7-12(8-14(16-4)17-13)15(19)18-5-6-20-11(3)9-18/h7-8,10-11H,5-6,9H2,1-4H3,(H,16,17). The molecule has 0 spiro atoms. The number of nitrogens with one attached hydrogen (secondary N) is 1. The molecule has 1 aromatic rings. The minimum Gasteiger partial charge on any atom is -0.373 e. The summed E-state index contributed by atoms with van der Waals surface area (Å²) >= 11 is 1.93. The molecule has 1 amide bonds. The van der Waals surface area contributed by atoms with Crippen LogP contribution in [0.3, 0.4) is 0 Å². The number of nitrogens with zero attached hydrogens (tertiary/aromatic N) is 2. The van der Waals surface area contributed by atoms with E-state index in [1.165, 1.54) is 0 Å². The molecule has 0 aromatic carbocycles. The first-order chi connectivity index (χ1) is 9.51. The zero-order valence-corrected chi connectivity index (χ0v) is 13.5. The van der Waals surface area contributed by atoms with Crippen molar-refractivity contribution < 1.29 is 4.79 Å². The summed E-state index contributed by atoms with van der Waals surface area (Å²) in [6.45, 7) is 8.03. The zero-order chi connectivity index (χ0) is 14.7. The molecule has 1 aromatic heterocycles. The van der Waals surface area contributed by atoms with Gasteiger partial charge in [-0.25, -0.2) is 4.98 Å². The Morgan fingerprint density at radius 1 is 1.50 bits per heavy atom. The fourth-order valence-electron chi connectivity index (χ4n) is 2.28. The number of hydrogen-bond donors (Lipinski definition) is 1. The molecule has 0 aliphatic carbocycles. The summed E-state index contributed by atoms with van der Waals surface area (Å²) in [5, 5.41) is 3.56. The first-order valence-corrected chi connectivity index (χ1v) is 8.16. The van der Waals surface area contributed by atoms with Gasteiger partial charge in [-0.2, -0.15) is 11.8 Å². The van der Waals surface area contributed by atoms with E-state index in [9.17, 15) is 4.79 Å². The van der Waals surface area contributed by atoms with Crippen LogP contribution < -0.4 is 5.32 Å². The Kier molecular flexibility index (Phi) is 4.91. The molecule has 0 saturated carbocycles. The highest BCUT2D eigenvalue weighted by molar-refractivity contribution is 7.99. The van der Waals surface area contributed by atoms with Gasteiger partial charge >= 0.3 is 0 Å². The van der Waals surface area contributed by atoms with Gasteiger partial charge < -0.3 is 10.2 Å². The molecule has 0 radical (unpaired) electrons. The predicted octanol–water partition coefficient (Wildman–Crippen LogP) is 2.82. The maximum atomic E-state index is 12.6. The average molecular weight is 293 g/mol. The van der Waals surface area contributed by atoms with Crippen molar-refractivity contribution in [2.24, 2.45) is 0 Å². The molecular weight excluding hydrogens is 270 g/mol. The fraction of sp³-hybridized carbons (Fsp3) is 0.600. The van der Waals surface area contributed by atoms with Crippen LogP contribution in [-0.4, -0.2) is 46.9 Å². The third kappa shape index (κ3) is 3.45. The van der Waals surface area contributed by atoms with Crippen molar-refractivity contribution in [1.29, 1.82) is 0 Å². The largest absolute Gasteiger partial charge is 0.373 e. The number of carbonyl (C=O) groups is 1. The van der Waals surface area contributed by atoms with Crippen LogP contribution in [0.5, 0.6) is 0 Å². The Morgan fingerprint density at radius 3 is 2.85 bits per heavy atom. The van der Waals surface area contributed by atoms with E-state index in [2.05, 4.69) is 31.1 Å². The van der Waals surface area contributed by atoms with Gasteiger partial charge in [0.2, 0.25) is 0 Å². The molecule has 4 nitrogen and oxygen atoms in total. The summed E-state index contributed by atoms with van der Waals surface area (Å²) in [7, 11) is 1.83. The summed E-state index contributed by atoms with van der Waals surface area (Å²) < 4.78 is 0. The lowest BCUT2D eigenvalue weighted by Gasteiger charge is -2.30. The predicted molar refractivity (Wildman–Crippen MR) is 85.7 cm³/mol. The highest BCUT2D eigenvalue weighted by atomic mass is 32.2. The molecule has 110 valence electrons. The van der Waals surface area contributed by atoms with Crippen LogP contribution in [0, 0.1) is 0 Å². The number of anilines is 1. The number of aromatic nitrogens is 1. The number of rotatable bonds is 3. The van der Waals surface area contributed by atoms with E-state index in [1.54, 1.807) is 0 Å². The van der Waals surface area contributed by atoms with Crippen LogP contribution in [0.2, 0.25) is 0 Å². The molecular formula is C15H23N3OS. The quantitative estimate of drug-likeness (QED) is 0.931. The molecule has 1 aliphatic heterocycles. The van der Waals surface area contributed by atoms with Gasteiger partial charge in [-0.1, -0.05) is 20.8 Å². The second-order valence-electron chi connectivity index (χ2n) is 5.50. The van der Waals surface area contributed by atoms with Crippen molar-refractivity contribution in [3.63, 3.8) is 0 Å². The first-order valence-electron chi connectivity index (χ1n) is 7.12. The number of amides is 1. The topological polar surface area (TPSA) is 45.2 Å². The maximum Gasteiger partial charge on any atom is 0.254 e.